The number of hydrogen-bond acceptors (Lipinski definition) is 4. The zero-order valence-corrected chi connectivity index (χ0v) is 10.6. The Morgan fingerprint density at radius 3 is 2.69 bits per heavy atom. The van der Waals surface area contributed by atoms with Crippen LogP contribution in [0.2, 0.25) is 5.15 Å². The van der Waals surface area contributed by atoms with E-state index in [1.807, 2.05) is 20.8 Å². The third kappa shape index (κ3) is 3.94. The maximum atomic E-state index is 9.64. The molecule has 0 aromatic carbocycles. The van der Waals surface area contributed by atoms with Gasteiger partial charge in [0.25, 0.3) is 0 Å². The first-order chi connectivity index (χ1) is 7.52. The number of aliphatic hydroxyl groups excluding tert-OH is 1. The van der Waals surface area contributed by atoms with Gasteiger partial charge in [0.2, 0.25) is 0 Å². The third-order valence-electron chi connectivity index (χ3n) is 2.32. The van der Waals surface area contributed by atoms with Gasteiger partial charge in [-0.1, -0.05) is 32.4 Å². The highest BCUT2D eigenvalue weighted by Gasteiger charge is 2.09. The predicted molar refractivity (Wildman–Crippen MR) is 65.8 cm³/mol. The summed E-state index contributed by atoms with van der Waals surface area (Å²) in [4.78, 5) is 8.33. The van der Waals surface area contributed by atoms with Gasteiger partial charge in [0.1, 0.15) is 16.8 Å². The number of anilines is 1. The summed E-state index contributed by atoms with van der Waals surface area (Å²) in [5.41, 5.74) is 0. The minimum atomic E-state index is -0.390. The second-order valence-corrected chi connectivity index (χ2v) is 4.43. The van der Waals surface area contributed by atoms with Crippen LogP contribution in [0.1, 0.15) is 26.6 Å². The molecular weight excluding hydrogens is 226 g/mol. The van der Waals surface area contributed by atoms with Crippen LogP contribution in [0.3, 0.4) is 0 Å². The van der Waals surface area contributed by atoms with E-state index in [1.54, 1.807) is 6.07 Å². The van der Waals surface area contributed by atoms with Crippen LogP contribution in [0.5, 0.6) is 0 Å². The number of aliphatic hydroxyl groups is 1. The molecule has 0 bridgehead atoms. The molecule has 5 heteroatoms. The van der Waals surface area contributed by atoms with Gasteiger partial charge in [-0.25, -0.2) is 9.97 Å². The predicted octanol–water partition coefficient (Wildman–Crippen LogP) is 2.12. The summed E-state index contributed by atoms with van der Waals surface area (Å²) in [5.74, 6) is 1.58. The molecule has 0 radical (unpaired) electrons. The summed E-state index contributed by atoms with van der Waals surface area (Å²) in [7, 11) is 0. The Hall–Kier alpha value is -0.870. The highest BCUT2D eigenvalue weighted by atomic mass is 35.5. The van der Waals surface area contributed by atoms with Crippen molar-refractivity contribution in [1.29, 1.82) is 0 Å². The molecule has 1 unspecified atom stereocenters. The molecule has 1 rings (SSSR count). The first-order valence-corrected chi connectivity index (χ1v) is 5.86. The lowest BCUT2D eigenvalue weighted by atomic mass is 10.1. The average molecular weight is 244 g/mol. The Kier molecular flexibility index (Phi) is 4.96. The van der Waals surface area contributed by atoms with Crippen molar-refractivity contribution in [2.45, 2.75) is 33.3 Å². The maximum Gasteiger partial charge on any atom is 0.134 e. The number of rotatable bonds is 5. The fourth-order valence-corrected chi connectivity index (χ4v) is 1.36. The van der Waals surface area contributed by atoms with Crippen LogP contribution in [0.25, 0.3) is 0 Å². The molecule has 2 N–H and O–H groups in total. The van der Waals surface area contributed by atoms with Crippen molar-refractivity contribution >= 4 is 17.4 Å². The molecule has 1 aromatic rings. The molecule has 0 aliphatic carbocycles. The van der Waals surface area contributed by atoms with Crippen molar-refractivity contribution < 1.29 is 5.11 Å². The Balaban J connectivity index is 2.63. The molecule has 1 aromatic heterocycles. The minimum Gasteiger partial charge on any atom is -0.391 e. The Morgan fingerprint density at radius 1 is 1.44 bits per heavy atom. The molecular formula is C11H18ClN3O. The molecule has 0 saturated carbocycles. The van der Waals surface area contributed by atoms with Gasteiger partial charge in [0, 0.05) is 19.0 Å². The van der Waals surface area contributed by atoms with Crippen molar-refractivity contribution in [1.82, 2.24) is 9.97 Å². The maximum absolute atomic E-state index is 9.64. The van der Waals surface area contributed by atoms with E-state index in [2.05, 4.69) is 15.3 Å². The normalized spacial score (nSPS) is 12.9. The molecule has 0 aliphatic rings. The zero-order valence-electron chi connectivity index (χ0n) is 9.87. The molecule has 1 heterocycles. The summed E-state index contributed by atoms with van der Waals surface area (Å²) < 4.78 is 0. The van der Waals surface area contributed by atoms with Crippen molar-refractivity contribution in [2.75, 3.05) is 11.9 Å². The second kappa shape index (κ2) is 6.01. The largest absolute Gasteiger partial charge is 0.391 e. The van der Waals surface area contributed by atoms with Gasteiger partial charge in [-0.2, -0.15) is 0 Å². The summed E-state index contributed by atoms with van der Waals surface area (Å²) in [6.07, 6.45) is 0.348. The molecule has 90 valence electrons. The highest BCUT2D eigenvalue weighted by molar-refractivity contribution is 6.29. The number of aromatic nitrogens is 2. The van der Waals surface area contributed by atoms with Gasteiger partial charge < -0.3 is 10.4 Å². The number of hydrogen-bond donors (Lipinski definition) is 2. The van der Waals surface area contributed by atoms with Crippen LogP contribution >= 0.6 is 11.6 Å². The summed E-state index contributed by atoms with van der Waals surface area (Å²) in [6, 6.07) is 1.66. The lowest BCUT2D eigenvalue weighted by molar-refractivity contribution is 0.138. The van der Waals surface area contributed by atoms with Crippen LogP contribution in [0, 0.1) is 5.92 Å². The third-order valence-corrected chi connectivity index (χ3v) is 2.51. The lowest BCUT2D eigenvalue weighted by Crippen LogP contribution is -2.25. The Labute approximate surface area is 101 Å². The van der Waals surface area contributed by atoms with E-state index in [0.717, 1.165) is 6.42 Å². The van der Waals surface area contributed by atoms with Gasteiger partial charge in [0.05, 0.1) is 6.10 Å². The van der Waals surface area contributed by atoms with E-state index in [9.17, 15) is 5.11 Å². The van der Waals surface area contributed by atoms with Gasteiger partial charge in [-0.15, -0.1) is 0 Å². The minimum absolute atomic E-state index is 0.218. The fourth-order valence-electron chi connectivity index (χ4n) is 1.16. The number of aryl methyl sites for hydroxylation is 1. The molecule has 0 saturated heterocycles. The van der Waals surface area contributed by atoms with Crippen LogP contribution < -0.4 is 5.32 Å². The quantitative estimate of drug-likeness (QED) is 0.778. The average Bonchev–Trinajstić information content (AvgIpc) is 2.24. The lowest BCUT2D eigenvalue weighted by Gasteiger charge is -2.15. The van der Waals surface area contributed by atoms with Crippen molar-refractivity contribution in [3.8, 4) is 0 Å². The van der Waals surface area contributed by atoms with Crippen LogP contribution in [-0.4, -0.2) is 27.7 Å². The van der Waals surface area contributed by atoms with Crippen LogP contribution in [0.15, 0.2) is 6.07 Å². The topological polar surface area (TPSA) is 58.0 Å². The van der Waals surface area contributed by atoms with Gasteiger partial charge in [-0.05, 0) is 5.92 Å². The summed E-state index contributed by atoms with van der Waals surface area (Å²) in [5, 5.41) is 13.1. The number of nitrogens with one attached hydrogen (secondary N) is 1. The molecule has 16 heavy (non-hydrogen) atoms. The van der Waals surface area contributed by atoms with E-state index in [1.165, 1.54) is 0 Å². The molecule has 0 amide bonds. The van der Waals surface area contributed by atoms with Crippen molar-refractivity contribution in [3.05, 3.63) is 17.0 Å². The van der Waals surface area contributed by atoms with E-state index < -0.39 is 0 Å². The molecule has 0 fully saturated rings. The smallest absolute Gasteiger partial charge is 0.134 e. The summed E-state index contributed by atoms with van der Waals surface area (Å²) >= 11 is 5.85. The second-order valence-electron chi connectivity index (χ2n) is 4.04. The number of nitrogens with zero attached hydrogens (tertiary/aromatic N) is 2. The van der Waals surface area contributed by atoms with Gasteiger partial charge in [0.15, 0.2) is 0 Å². The van der Waals surface area contributed by atoms with Gasteiger partial charge >= 0.3 is 0 Å². The van der Waals surface area contributed by atoms with E-state index >= 15 is 0 Å². The Morgan fingerprint density at radius 2 is 2.12 bits per heavy atom. The van der Waals surface area contributed by atoms with Crippen LogP contribution in [-0.2, 0) is 6.42 Å². The van der Waals surface area contributed by atoms with E-state index in [-0.39, 0.29) is 12.0 Å². The highest BCUT2D eigenvalue weighted by Crippen LogP contribution is 2.12. The molecule has 0 aliphatic heterocycles. The van der Waals surface area contributed by atoms with Crippen molar-refractivity contribution in [2.24, 2.45) is 5.92 Å². The van der Waals surface area contributed by atoms with Crippen LogP contribution in [0.4, 0.5) is 5.82 Å². The first kappa shape index (κ1) is 13.2. The zero-order chi connectivity index (χ0) is 12.1. The Bertz CT molecular complexity index is 344. The summed E-state index contributed by atoms with van der Waals surface area (Å²) in [6.45, 7) is 6.38. The SMILES string of the molecule is CCc1nc(Cl)cc(NCC(O)C(C)C)n1. The van der Waals surface area contributed by atoms with Crippen molar-refractivity contribution in [3.63, 3.8) is 0 Å². The standard InChI is InChI=1S/C11H18ClN3O/c1-4-10-14-9(12)5-11(15-10)13-6-8(16)7(2)3/h5,7-8,16H,4,6H2,1-3H3,(H,13,14,15). The molecule has 0 spiro atoms. The number of halogens is 1. The monoisotopic (exact) mass is 243 g/mol. The van der Waals surface area contributed by atoms with E-state index in [0.29, 0.717) is 23.3 Å². The van der Waals surface area contributed by atoms with Gasteiger partial charge in [-0.3, -0.25) is 0 Å². The van der Waals surface area contributed by atoms with E-state index in [4.69, 9.17) is 11.6 Å². The fraction of sp³-hybridized carbons (Fsp3) is 0.636. The molecule has 1 atom stereocenters. The molecule has 4 nitrogen and oxygen atoms in total. The first-order valence-electron chi connectivity index (χ1n) is 5.48.